The van der Waals surface area contributed by atoms with E-state index < -0.39 is 10.0 Å². The van der Waals surface area contributed by atoms with Crippen LogP contribution in [0, 0.1) is 0 Å². The van der Waals surface area contributed by atoms with Crippen molar-refractivity contribution in [2.24, 2.45) is 0 Å². The Hall–Kier alpha value is -0.910. The van der Waals surface area contributed by atoms with Gasteiger partial charge in [0.1, 0.15) is 0 Å². The monoisotopic (exact) mass is 268 g/mol. The van der Waals surface area contributed by atoms with Crippen LogP contribution >= 0.6 is 0 Å². The van der Waals surface area contributed by atoms with Gasteiger partial charge in [-0.05, 0) is 25.5 Å². The van der Waals surface area contributed by atoms with Crippen molar-refractivity contribution in [1.29, 1.82) is 0 Å². The lowest BCUT2D eigenvalue weighted by Gasteiger charge is -2.23. The molecule has 1 fully saturated rings. The Morgan fingerprint density at radius 3 is 2.72 bits per heavy atom. The van der Waals surface area contributed by atoms with Gasteiger partial charge in [0.2, 0.25) is 10.0 Å². The second kappa shape index (κ2) is 5.82. The molecule has 1 aliphatic heterocycles. The predicted molar refractivity (Wildman–Crippen MR) is 72.7 cm³/mol. The lowest BCUT2D eigenvalue weighted by molar-refractivity contribution is 0.378. The Balaban J connectivity index is 2.11. The average Bonchev–Trinajstić information content (AvgIpc) is 2.79. The molecule has 0 aromatic heterocycles. The molecule has 0 unspecified atom stereocenters. The second-order valence-corrected chi connectivity index (χ2v) is 6.63. The van der Waals surface area contributed by atoms with Crippen molar-refractivity contribution in [3.05, 3.63) is 35.9 Å². The largest absolute Gasteiger partial charge is 0.318 e. The normalized spacial score (nSPS) is 21.3. The number of hydrogen-bond donors (Lipinski definition) is 1. The molecule has 1 aromatic carbocycles. The van der Waals surface area contributed by atoms with Gasteiger partial charge in [0.05, 0.1) is 5.75 Å². The maximum atomic E-state index is 12.4. The molecule has 100 valence electrons. The number of likely N-dealkylation sites (N-methyl/N-ethyl adjacent to an activating group) is 1. The molecule has 0 bridgehead atoms. The van der Waals surface area contributed by atoms with Crippen molar-refractivity contribution in [1.82, 2.24) is 9.62 Å². The molecule has 1 atom stereocenters. The molecule has 4 nitrogen and oxygen atoms in total. The van der Waals surface area contributed by atoms with Gasteiger partial charge in [-0.15, -0.1) is 0 Å². The molecule has 18 heavy (non-hydrogen) atoms. The highest BCUT2D eigenvalue weighted by Gasteiger charge is 2.33. The van der Waals surface area contributed by atoms with Crippen molar-refractivity contribution in [3.63, 3.8) is 0 Å². The van der Waals surface area contributed by atoms with Crippen LogP contribution in [0.1, 0.15) is 18.4 Å². The van der Waals surface area contributed by atoms with Gasteiger partial charge < -0.3 is 5.32 Å². The predicted octanol–water partition coefficient (Wildman–Crippen LogP) is 1.20. The quantitative estimate of drug-likeness (QED) is 0.873. The number of nitrogens with one attached hydrogen (secondary N) is 1. The molecule has 1 saturated heterocycles. The van der Waals surface area contributed by atoms with Gasteiger partial charge in [0.25, 0.3) is 0 Å². The van der Waals surface area contributed by atoms with Crippen LogP contribution in [0.3, 0.4) is 0 Å². The third-order valence-corrected chi connectivity index (χ3v) is 5.21. The van der Waals surface area contributed by atoms with E-state index in [-0.39, 0.29) is 11.8 Å². The topological polar surface area (TPSA) is 49.4 Å². The standard InChI is InChI=1S/C13H20N2O2S/c1-14-10-13-8-5-9-15(13)18(16,17)11-12-6-3-2-4-7-12/h2-4,6-7,13-14H,5,8-11H2,1H3/t13-/m0/s1. The lowest BCUT2D eigenvalue weighted by atomic mass is 10.2. The first kappa shape index (κ1) is 13.5. The zero-order valence-corrected chi connectivity index (χ0v) is 11.5. The highest BCUT2D eigenvalue weighted by molar-refractivity contribution is 7.88. The Bertz CT molecular complexity index is 473. The van der Waals surface area contributed by atoms with Crippen molar-refractivity contribution in [2.75, 3.05) is 20.1 Å². The molecule has 0 spiro atoms. The van der Waals surface area contributed by atoms with E-state index in [1.807, 2.05) is 37.4 Å². The van der Waals surface area contributed by atoms with Crippen molar-refractivity contribution in [2.45, 2.75) is 24.6 Å². The summed E-state index contributed by atoms with van der Waals surface area (Å²) in [5.74, 6) is 0.105. The summed E-state index contributed by atoms with van der Waals surface area (Å²) >= 11 is 0. The summed E-state index contributed by atoms with van der Waals surface area (Å²) < 4.78 is 26.4. The smallest absolute Gasteiger partial charge is 0.218 e. The summed E-state index contributed by atoms with van der Waals surface area (Å²) in [6.45, 7) is 1.38. The fourth-order valence-electron chi connectivity index (χ4n) is 2.48. The summed E-state index contributed by atoms with van der Waals surface area (Å²) in [5.41, 5.74) is 0.854. The summed E-state index contributed by atoms with van der Waals surface area (Å²) in [6, 6.07) is 9.49. The molecule has 2 rings (SSSR count). The maximum Gasteiger partial charge on any atom is 0.218 e. The van der Waals surface area contributed by atoms with E-state index in [0.717, 1.165) is 24.9 Å². The first-order chi connectivity index (χ1) is 8.63. The zero-order chi connectivity index (χ0) is 13.0. The lowest BCUT2D eigenvalue weighted by Crippen LogP contribution is -2.41. The van der Waals surface area contributed by atoms with Crippen LogP contribution in [-0.2, 0) is 15.8 Å². The number of sulfonamides is 1. The average molecular weight is 268 g/mol. The van der Waals surface area contributed by atoms with E-state index in [4.69, 9.17) is 0 Å². The van der Waals surface area contributed by atoms with Crippen molar-refractivity contribution >= 4 is 10.0 Å². The molecular weight excluding hydrogens is 248 g/mol. The Labute approximate surface area is 109 Å². The van der Waals surface area contributed by atoms with Gasteiger partial charge in [-0.1, -0.05) is 30.3 Å². The third-order valence-electron chi connectivity index (χ3n) is 3.31. The van der Waals surface area contributed by atoms with E-state index in [0.29, 0.717) is 6.54 Å². The second-order valence-electron chi connectivity index (χ2n) is 4.71. The number of hydrogen-bond acceptors (Lipinski definition) is 3. The van der Waals surface area contributed by atoms with E-state index in [9.17, 15) is 8.42 Å². The van der Waals surface area contributed by atoms with Crippen LogP contribution < -0.4 is 5.32 Å². The van der Waals surface area contributed by atoms with E-state index in [1.165, 1.54) is 0 Å². The molecule has 0 radical (unpaired) electrons. The number of rotatable bonds is 5. The molecule has 1 N–H and O–H groups in total. The van der Waals surface area contributed by atoms with Gasteiger partial charge in [0, 0.05) is 19.1 Å². The highest BCUT2D eigenvalue weighted by Crippen LogP contribution is 2.22. The van der Waals surface area contributed by atoms with Gasteiger partial charge in [-0.25, -0.2) is 8.42 Å². The van der Waals surface area contributed by atoms with Crippen molar-refractivity contribution < 1.29 is 8.42 Å². The van der Waals surface area contributed by atoms with Crippen LogP contribution in [0.25, 0.3) is 0 Å². The number of benzene rings is 1. The Kier molecular flexibility index (Phi) is 4.37. The fraction of sp³-hybridized carbons (Fsp3) is 0.538. The highest BCUT2D eigenvalue weighted by atomic mass is 32.2. The minimum absolute atomic E-state index is 0.105. The van der Waals surface area contributed by atoms with Crippen LogP contribution in [0.4, 0.5) is 0 Å². The molecule has 0 saturated carbocycles. The van der Waals surface area contributed by atoms with E-state index in [2.05, 4.69) is 5.32 Å². The van der Waals surface area contributed by atoms with Gasteiger partial charge in [-0.3, -0.25) is 0 Å². The summed E-state index contributed by atoms with van der Waals surface area (Å²) in [7, 11) is -1.33. The van der Waals surface area contributed by atoms with Crippen LogP contribution in [0.5, 0.6) is 0 Å². The first-order valence-electron chi connectivity index (χ1n) is 6.31. The Morgan fingerprint density at radius 1 is 1.33 bits per heavy atom. The first-order valence-corrected chi connectivity index (χ1v) is 7.92. The van der Waals surface area contributed by atoms with E-state index >= 15 is 0 Å². The molecule has 0 amide bonds. The van der Waals surface area contributed by atoms with Crippen LogP contribution in [-0.4, -0.2) is 38.9 Å². The molecule has 5 heteroatoms. The molecular formula is C13H20N2O2S. The van der Waals surface area contributed by atoms with Gasteiger partial charge >= 0.3 is 0 Å². The minimum Gasteiger partial charge on any atom is -0.318 e. The fourth-order valence-corrected chi connectivity index (χ4v) is 4.30. The van der Waals surface area contributed by atoms with E-state index in [1.54, 1.807) is 4.31 Å². The minimum atomic E-state index is -3.19. The summed E-state index contributed by atoms with van der Waals surface area (Å²) in [5, 5.41) is 3.07. The van der Waals surface area contributed by atoms with Crippen molar-refractivity contribution in [3.8, 4) is 0 Å². The summed E-state index contributed by atoms with van der Waals surface area (Å²) in [6.07, 6.45) is 1.91. The third kappa shape index (κ3) is 3.10. The Morgan fingerprint density at radius 2 is 2.06 bits per heavy atom. The van der Waals surface area contributed by atoms with Gasteiger partial charge in [-0.2, -0.15) is 4.31 Å². The van der Waals surface area contributed by atoms with Crippen LogP contribution in [0.15, 0.2) is 30.3 Å². The molecule has 1 aliphatic rings. The number of nitrogens with zero attached hydrogens (tertiary/aromatic N) is 1. The maximum absolute atomic E-state index is 12.4. The molecule has 0 aliphatic carbocycles. The van der Waals surface area contributed by atoms with Crippen LogP contribution in [0.2, 0.25) is 0 Å². The molecule has 1 aromatic rings. The SMILES string of the molecule is CNC[C@@H]1CCCN1S(=O)(=O)Cc1ccccc1. The molecule has 1 heterocycles. The summed E-state index contributed by atoms with van der Waals surface area (Å²) in [4.78, 5) is 0. The zero-order valence-electron chi connectivity index (χ0n) is 10.7. The van der Waals surface area contributed by atoms with Gasteiger partial charge in [0.15, 0.2) is 0 Å².